The van der Waals surface area contributed by atoms with Crippen LogP contribution in [0.5, 0.6) is 0 Å². The van der Waals surface area contributed by atoms with Crippen molar-refractivity contribution in [3.8, 4) is 0 Å². The van der Waals surface area contributed by atoms with Gasteiger partial charge in [-0.3, -0.25) is 0 Å². The molecule has 0 spiro atoms. The largest absolute Gasteiger partial charge is 0.394 e. The standard InChI is InChI=1S/C36H60O5/c1-23(10-9-16-32(2,3)39)26-15-17-36(8)29-13-11-27-28(34(29,6)18-19-35(26,36)7)12-14-30(33(27,4)5)41-31-21-24(38)20-25(22-37)40-31/h11,18-19,23-26,28-31,37-39H,9-10,12-17,20-22H2,1-8H3/t23-,24+,25+,26?,28?,29?,30+,31+,34+,35-,36+/m1/s1. The first-order chi connectivity index (χ1) is 19.0. The Labute approximate surface area is 250 Å². The number of fused-ring (bicyclic) bond motifs is 5. The molecule has 1 heterocycles. The van der Waals surface area contributed by atoms with E-state index in [1.807, 2.05) is 13.8 Å². The van der Waals surface area contributed by atoms with E-state index >= 15 is 0 Å². The van der Waals surface area contributed by atoms with E-state index < -0.39 is 18.0 Å². The zero-order valence-electron chi connectivity index (χ0n) is 27.3. The van der Waals surface area contributed by atoms with Crippen molar-refractivity contribution in [2.45, 2.75) is 150 Å². The molecule has 3 fully saturated rings. The van der Waals surface area contributed by atoms with Crippen molar-refractivity contribution in [2.24, 2.45) is 45.3 Å². The summed E-state index contributed by atoms with van der Waals surface area (Å²) in [6.07, 6.45) is 16.6. The maximum absolute atomic E-state index is 10.3. The van der Waals surface area contributed by atoms with Crippen molar-refractivity contribution in [3.05, 3.63) is 23.8 Å². The van der Waals surface area contributed by atoms with E-state index in [-0.39, 0.29) is 40.5 Å². The Bertz CT molecular complexity index is 1010. The molecule has 4 aliphatic carbocycles. The van der Waals surface area contributed by atoms with Gasteiger partial charge in [0.1, 0.15) is 0 Å². The van der Waals surface area contributed by atoms with Gasteiger partial charge < -0.3 is 24.8 Å². The van der Waals surface area contributed by atoms with Crippen molar-refractivity contribution < 1.29 is 24.8 Å². The van der Waals surface area contributed by atoms with Crippen molar-refractivity contribution in [1.82, 2.24) is 0 Å². The van der Waals surface area contributed by atoms with Crippen LogP contribution in [0.2, 0.25) is 0 Å². The normalized spacial score (nSPS) is 46.3. The number of ether oxygens (including phenoxy) is 2. The Morgan fingerprint density at radius 1 is 1.07 bits per heavy atom. The molecule has 11 atom stereocenters. The zero-order valence-corrected chi connectivity index (χ0v) is 27.3. The summed E-state index contributed by atoms with van der Waals surface area (Å²) in [5, 5.41) is 30.2. The molecule has 0 amide bonds. The third-order valence-electron chi connectivity index (χ3n) is 13.2. The molecule has 2 saturated carbocycles. The lowest BCUT2D eigenvalue weighted by Crippen LogP contribution is -2.57. The molecule has 0 aromatic heterocycles. The van der Waals surface area contributed by atoms with Gasteiger partial charge in [-0.05, 0) is 92.3 Å². The Morgan fingerprint density at radius 2 is 1.80 bits per heavy atom. The van der Waals surface area contributed by atoms with Gasteiger partial charge in [-0.15, -0.1) is 0 Å². The van der Waals surface area contributed by atoms with Gasteiger partial charge in [-0.2, -0.15) is 0 Å². The topological polar surface area (TPSA) is 79.2 Å². The first kappa shape index (κ1) is 31.7. The summed E-state index contributed by atoms with van der Waals surface area (Å²) in [6.45, 7) is 18.7. The average molecular weight is 573 g/mol. The van der Waals surface area contributed by atoms with E-state index in [2.05, 4.69) is 59.8 Å². The first-order valence-corrected chi connectivity index (χ1v) is 16.8. The van der Waals surface area contributed by atoms with E-state index in [0.717, 1.165) is 32.1 Å². The van der Waals surface area contributed by atoms with Gasteiger partial charge in [0.25, 0.3) is 0 Å². The second-order valence-corrected chi connectivity index (χ2v) is 16.6. The predicted molar refractivity (Wildman–Crippen MR) is 164 cm³/mol. The number of allylic oxidation sites excluding steroid dienone is 3. The third-order valence-corrected chi connectivity index (χ3v) is 13.2. The number of aliphatic hydroxyl groups is 3. The van der Waals surface area contributed by atoms with Crippen LogP contribution in [-0.4, -0.2) is 52.1 Å². The Balaban J connectivity index is 1.34. The fraction of sp³-hybridized carbons (Fsp3) is 0.889. The Morgan fingerprint density at radius 3 is 2.49 bits per heavy atom. The molecule has 0 aromatic rings. The summed E-state index contributed by atoms with van der Waals surface area (Å²) >= 11 is 0. The smallest absolute Gasteiger partial charge is 0.160 e. The highest BCUT2D eigenvalue weighted by Crippen LogP contribution is 2.72. The molecule has 5 heteroatoms. The van der Waals surface area contributed by atoms with Gasteiger partial charge in [-0.1, -0.05) is 78.2 Å². The van der Waals surface area contributed by atoms with Crippen LogP contribution in [0.25, 0.3) is 0 Å². The highest BCUT2D eigenvalue weighted by atomic mass is 16.7. The molecule has 41 heavy (non-hydrogen) atoms. The van der Waals surface area contributed by atoms with Gasteiger partial charge in [0.15, 0.2) is 6.29 Å². The highest BCUT2D eigenvalue weighted by Gasteiger charge is 2.65. The number of hydrogen-bond donors (Lipinski definition) is 3. The van der Waals surface area contributed by atoms with E-state index in [0.29, 0.717) is 36.5 Å². The minimum absolute atomic E-state index is 0.0359. The summed E-state index contributed by atoms with van der Waals surface area (Å²) in [6, 6.07) is 0. The minimum Gasteiger partial charge on any atom is -0.394 e. The summed E-state index contributed by atoms with van der Waals surface area (Å²) in [5.41, 5.74) is 1.48. The molecule has 5 rings (SSSR count). The molecule has 234 valence electrons. The van der Waals surface area contributed by atoms with E-state index in [4.69, 9.17) is 9.47 Å². The van der Waals surface area contributed by atoms with Crippen LogP contribution < -0.4 is 0 Å². The lowest BCUT2D eigenvalue weighted by molar-refractivity contribution is -0.254. The predicted octanol–water partition coefficient (Wildman–Crippen LogP) is 7.19. The van der Waals surface area contributed by atoms with Gasteiger partial charge in [0, 0.05) is 18.3 Å². The lowest BCUT2D eigenvalue weighted by Gasteiger charge is -2.63. The Kier molecular flexibility index (Phi) is 8.52. The summed E-state index contributed by atoms with van der Waals surface area (Å²) in [5.74, 6) is 2.49. The molecular weight excluding hydrogens is 512 g/mol. The molecule has 1 aliphatic heterocycles. The fourth-order valence-corrected chi connectivity index (χ4v) is 10.6. The molecule has 0 bridgehead atoms. The second-order valence-electron chi connectivity index (χ2n) is 16.6. The zero-order chi connectivity index (χ0) is 30.0. The fourth-order valence-electron chi connectivity index (χ4n) is 10.6. The number of aliphatic hydroxyl groups excluding tert-OH is 2. The third kappa shape index (κ3) is 5.43. The van der Waals surface area contributed by atoms with Crippen LogP contribution in [-0.2, 0) is 9.47 Å². The van der Waals surface area contributed by atoms with Crippen molar-refractivity contribution >= 4 is 0 Å². The summed E-state index contributed by atoms with van der Waals surface area (Å²) < 4.78 is 12.6. The average Bonchev–Trinajstić information content (AvgIpc) is 3.15. The quantitative estimate of drug-likeness (QED) is 0.268. The maximum Gasteiger partial charge on any atom is 0.160 e. The van der Waals surface area contributed by atoms with Crippen LogP contribution in [0.4, 0.5) is 0 Å². The molecule has 1 saturated heterocycles. The molecule has 5 nitrogen and oxygen atoms in total. The molecule has 0 radical (unpaired) electrons. The van der Waals surface area contributed by atoms with Crippen LogP contribution >= 0.6 is 0 Å². The second kappa shape index (κ2) is 11.0. The van der Waals surface area contributed by atoms with E-state index in [9.17, 15) is 15.3 Å². The first-order valence-electron chi connectivity index (χ1n) is 16.8. The van der Waals surface area contributed by atoms with Crippen LogP contribution in [0.1, 0.15) is 120 Å². The summed E-state index contributed by atoms with van der Waals surface area (Å²) in [7, 11) is 0. The van der Waals surface area contributed by atoms with Gasteiger partial charge in [0.05, 0.1) is 30.5 Å². The van der Waals surface area contributed by atoms with E-state index in [1.165, 1.54) is 19.3 Å². The highest BCUT2D eigenvalue weighted by molar-refractivity contribution is 5.35. The van der Waals surface area contributed by atoms with Gasteiger partial charge in [0.2, 0.25) is 0 Å². The van der Waals surface area contributed by atoms with Crippen LogP contribution in [0.15, 0.2) is 23.8 Å². The summed E-state index contributed by atoms with van der Waals surface area (Å²) in [4.78, 5) is 0. The monoisotopic (exact) mass is 572 g/mol. The van der Waals surface area contributed by atoms with Gasteiger partial charge in [-0.25, -0.2) is 0 Å². The van der Waals surface area contributed by atoms with Crippen LogP contribution in [0, 0.1) is 45.3 Å². The molecule has 3 N–H and O–H groups in total. The maximum atomic E-state index is 10.3. The lowest BCUT2D eigenvalue weighted by atomic mass is 9.41. The van der Waals surface area contributed by atoms with Crippen molar-refractivity contribution in [1.29, 1.82) is 0 Å². The van der Waals surface area contributed by atoms with E-state index in [1.54, 1.807) is 5.57 Å². The van der Waals surface area contributed by atoms with Crippen molar-refractivity contribution in [2.75, 3.05) is 6.61 Å². The van der Waals surface area contributed by atoms with Gasteiger partial charge >= 0.3 is 0 Å². The molecule has 5 aliphatic rings. The Hall–Kier alpha value is -0.720. The number of hydrogen-bond acceptors (Lipinski definition) is 5. The number of rotatable bonds is 8. The molecule has 3 unspecified atom stereocenters. The SMILES string of the molecule is C[C@H](CCCC(C)(C)O)C1CC[C@@]2(C)C3CC=C4C(CC[C@H](O[C@H]5C[C@@H](O)C[C@@H](CO)O5)C4(C)C)[C@]3(C)C=C[C@]12C. The molecular formula is C36H60O5. The van der Waals surface area contributed by atoms with Crippen molar-refractivity contribution in [3.63, 3.8) is 0 Å². The molecule has 0 aromatic carbocycles. The van der Waals surface area contributed by atoms with Crippen LogP contribution in [0.3, 0.4) is 0 Å². The minimum atomic E-state index is -0.573.